The molecule has 14 heteroatoms. The SMILES string of the molecule is O=C(O)N1CCC(COCc2cc(-n3nnnc3C(F)(F)F)cc(C(F)(F)F)c2)(c2ccccc2)CC1. The van der Waals surface area contributed by atoms with Crippen molar-refractivity contribution in [2.45, 2.75) is 37.2 Å². The summed E-state index contributed by atoms with van der Waals surface area (Å²) in [6.07, 6.45) is -10.0. The Hall–Kier alpha value is -3.68. The number of tetrazole rings is 1. The Kier molecular flexibility index (Phi) is 7.13. The van der Waals surface area contributed by atoms with Crippen molar-refractivity contribution in [2.75, 3.05) is 19.7 Å². The van der Waals surface area contributed by atoms with Gasteiger partial charge in [-0.2, -0.15) is 31.0 Å². The molecule has 1 saturated heterocycles. The summed E-state index contributed by atoms with van der Waals surface area (Å²) in [7, 11) is 0. The summed E-state index contributed by atoms with van der Waals surface area (Å²) in [4.78, 5) is 12.6. The highest BCUT2D eigenvalue weighted by molar-refractivity contribution is 5.65. The Morgan fingerprint density at radius 2 is 1.68 bits per heavy atom. The van der Waals surface area contributed by atoms with Crippen LogP contribution in [-0.2, 0) is 29.1 Å². The van der Waals surface area contributed by atoms with Gasteiger partial charge in [0.05, 0.1) is 24.5 Å². The summed E-state index contributed by atoms with van der Waals surface area (Å²) < 4.78 is 86.4. The molecule has 0 aliphatic carbocycles. The third kappa shape index (κ3) is 5.84. The van der Waals surface area contributed by atoms with Crippen molar-refractivity contribution >= 4 is 6.09 Å². The number of hydrogen-bond acceptors (Lipinski definition) is 5. The highest BCUT2D eigenvalue weighted by Gasteiger charge is 2.40. The van der Waals surface area contributed by atoms with Crippen molar-refractivity contribution in [3.8, 4) is 5.69 Å². The second-order valence-electron chi connectivity index (χ2n) is 8.71. The van der Waals surface area contributed by atoms with Gasteiger partial charge in [-0.3, -0.25) is 0 Å². The number of benzene rings is 2. The van der Waals surface area contributed by atoms with Crippen molar-refractivity contribution in [3.63, 3.8) is 0 Å². The zero-order chi connectivity index (χ0) is 26.8. The van der Waals surface area contributed by atoms with Crippen molar-refractivity contribution in [2.24, 2.45) is 0 Å². The fourth-order valence-electron chi connectivity index (χ4n) is 4.38. The summed E-state index contributed by atoms with van der Waals surface area (Å²) >= 11 is 0. The van der Waals surface area contributed by atoms with E-state index in [1.807, 2.05) is 30.3 Å². The Labute approximate surface area is 206 Å². The highest BCUT2D eigenvalue weighted by Crippen LogP contribution is 2.37. The highest BCUT2D eigenvalue weighted by atomic mass is 19.4. The number of hydrogen-bond donors (Lipinski definition) is 1. The maximum atomic E-state index is 13.5. The number of rotatable bonds is 6. The van der Waals surface area contributed by atoms with Gasteiger partial charge < -0.3 is 14.7 Å². The Morgan fingerprint density at radius 1 is 1.00 bits per heavy atom. The minimum Gasteiger partial charge on any atom is -0.465 e. The molecule has 1 amide bonds. The molecule has 1 aromatic heterocycles. The molecule has 37 heavy (non-hydrogen) atoms. The van der Waals surface area contributed by atoms with Crippen molar-refractivity contribution in [1.82, 2.24) is 25.1 Å². The number of alkyl halides is 6. The van der Waals surface area contributed by atoms with Gasteiger partial charge in [0.15, 0.2) is 0 Å². The van der Waals surface area contributed by atoms with Crippen LogP contribution in [0, 0.1) is 0 Å². The molecule has 0 atom stereocenters. The molecule has 0 bridgehead atoms. The fraction of sp³-hybridized carbons (Fsp3) is 0.391. The minimum atomic E-state index is -4.98. The zero-order valence-electron chi connectivity index (χ0n) is 19.1. The number of aromatic nitrogens is 4. The lowest BCUT2D eigenvalue weighted by molar-refractivity contribution is -0.146. The van der Waals surface area contributed by atoms with Crippen LogP contribution in [0.25, 0.3) is 5.69 Å². The van der Waals surface area contributed by atoms with E-state index in [2.05, 4.69) is 15.5 Å². The zero-order valence-corrected chi connectivity index (χ0v) is 19.1. The Balaban J connectivity index is 1.60. The van der Waals surface area contributed by atoms with Crippen LogP contribution < -0.4 is 0 Å². The number of ether oxygens (including phenoxy) is 1. The third-order valence-electron chi connectivity index (χ3n) is 6.30. The summed E-state index contributed by atoms with van der Waals surface area (Å²) in [5, 5.41) is 18.3. The van der Waals surface area contributed by atoms with Crippen LogP contribution >= 0.6 is 0 Å². The second-order valence-corrected chi connectivity index (χ2v) is 8.71. The lowest BCUT2D eigenvalue weighted by Crippen LogP contribution is -2.47. The van der Waals surface area contributed by atoms with Gasteiger partial charge in [-0.1, -0.05) is 30.3 Å². The number of amides is 1. The molecule has 0 unspecified atom stereocenters. The number of likely N-dealkylation sites (tertiary alicyclic amines) is 1. The molecule has 0 radical (unpaired) electrons. The first kappa shape index (κ1) is 26.4. The maximum Gasteiger partial charge on any atom is 0.453 e. The molecule has 1 fully saturated rings. The van der Waals surface area contributed by atoms with E-state index >= 15 is 0 Å². The van der Waals surface area contributed by atoms with Crippen molar-refractivity contribution in [3.05, 3.63) is 71.0 Å². The lowest BCUT2D eigenvalue weighted by atomic mass is 9.73. The summed E-state index contributed by atoms with van der Waals surface area (Å²) in [5.74, 6) is -1.56. The molecule has 2 heterocycles. The number of carboxylic acid groups (broad SMARTS) is 1. The number of carbonyl (C=O) groups is 1. The summed E-state index contributed by atoms with van der Waals surface area (Å²) in [5.41, 5.74) is -1.41. The predicted molar refractivity (Wildman–Crippen MR) is 116 cm³/mol. The first-order valence-electron chi connectivity index (χ1n) is 11.1. The Morgan fingerprint density at radius 3 is 2.27 bits per heavy atom. The van der Waals surface area contributed by atoms with E-state index < -0.39 is 40.9 Å². The number of nitrogens with zero attached hydrogens (tertiary/aromatic N) is 5. The quantitative estimate of drug-likeness (QED) is 0.456. The fourth-order valence-corrected chi connectivity index (χ4v) is 4.38. The normalized spacial score (nSPS) is 16.1. The molecule has 4 rings (SSSR count). The lowest BCUT2D eigenvalue weighted by Gasteiger charge is -2.41. The molecule has 2 aromatic carbocycles. The van der Waals surface area contributed by atoms with Crippen LogP contribution in [0.4, 0.5) is 31.1 Å². The van der Waals surface area contributed by atoms with Gasteiger partial charge in [-0.15, -0.1) is 5.10 Å². The molecule has 0 saturated carbocycles. The van der Waals surface area contributed by atoms with Gasteiger partial charge in [0.1, 0.15) is 0 Å². The molecule has 1 aliphatic heterocycles. The van der Waals surface area contributed by atoms with Crippen LogP contribution in [0.2, 0.25) is 0 Å². The predicted octanol–water partition coefficient (Wildman–Crippen LogP) is 4.93. The van der Waals surface area contributed by atoms with E-state index in [9.17, 15) is 36.2 Å². The first-order valence-corrected chi connectivity index (χ1v) is 11.1. The van der Waals surface area contributed by atoms with Gasteiger partial charge in [0.2, 0.25) is 0 Å². The van der Waals surface area contributed by atoms with E-state index in [1.54, 1.807) is 0 Å². The van der Waals surface area contributed by atoms with Gasteiger partial charge in [-0.05, 0) is 52.6 Å². The average molecular weight is 529 g/mol. The third-order valence-corrected chi connectivity index (χ3v) is 6.30. The molecule has 8 nitrogen and oxygen atoms in total. The van der Waals surface area contributed by atoms with E-state index in [1.165, 1.54) is 4.90 Å². The smallest absolute Gasteiger partial charge is 0.453 e. The Bertz CT molecular complexity index is 1240. The number of piperidine rings is 1. The molecule has 1 N–H and O–H groups in total. The van der Waals surface area contributed by atoms with Crippen LogP contribution in [0.3, 0.4) is 0 Å². The van der Waals surface area contributed by atoms with E-state index in [0.29, 0.717) is 18.9 Å². The topological polar surface area (TPSA) is 93.4 Å². The van der Waals surface area contributed by atoms with E-state index in [0.717, 1.165) is 17.7 Å². The van der Waals surface area contributed by atoms with E-state index in [-0.39, 0.29) is 36.5 Å². The number of halogens is 6. The average Bonchev–Trinajstić information content (AvgIpc) is 3.35. The summed E-state index contributed by atoms with van der Waals surface area (Å²) in [6, 6.07) is 11.6. The van der Waals surface area contributed by atoms with Gasteiger partial charge >= 0.3 is 18.4 Å². The molecule has 0 spiro atoms. The van der Waals surface area contributed by atoms with Crippen molar-refractivity contribution in [1.29, 1.82) is 0 Å². The van der Waals surface area contributed by atoms with E-state index in [4.69, 9.17) is 4.74 Å². The van der Waals surface area contributed by atoms with Crippen LogP contribution in [-0.4, -0.2) is 56.0 Å². The minimum absolute atomic E-state index is 0.0281. The van der Waals surface area contributed by atoms with Gasteiger partial charge in [0.25, 0.3) is 5.82 Å². The first-order chi connectivity index (χ1) is 17.4. The van der Waals surface area contributed by atoms with Crippen molar-refractivity contribution < 1.29 is 41.0 Å². The van der Waals surface area contributed by atoms with Gasteiger partial charge in [0, 0.05) is 18.5 Å². The maximum absolute atomic E-state index is 13.5. The van der Waals surface area contributed by atoms with Crippen LogP contribution in [0.5, 0.6) is 0 Å². The summed E-state index contributed by atoms with van der Waals surface area (Å²) in [6.45, 7) is 0.230. The van der Waals surface area contributed by atoms with Gasteiger partial charge in [-0.25, -0.2) is 4.79 Å². The van der Waals surface area contributed by atoms with Crippen LogP contribution in [0.15, 0.2) is 48.5 Å². The molecule has 1 aliphatic rings. The van der Waals surface area contributed by atoms with Crippen LogP contribution in [0.1, 0.15) is 35.4 Å². The monoisotopic (exact) mass is 529 g/mol. The molecular formula is C23H21F6N5O3. The standard InChI is InChI=1S/C23H21F6N5O3/c24-22(25,26)17-10-15(11-18(12-17)34-19(23(27,28)29)30-31-32-34)13-37-14-21(16-4-2-1-3-5-16)6-8-33(9-7-21)20(35)36/h1-5,10-12H,6-9,13-14H2,(H,35,36). The molecular weight excluding hydrogens is 508 g/mol. The largest absolute Gasteiger partial charge is 0.465 e. The second kappa shape index (κ2) is 10.00. The molecule has 198 valence electrons. The molecule has 3 aromatic rings.